The Morgan fingerprint density at radius 1 is 1.60 bits per heavy atom. The topological polar surface area (TPSA) is 24.8 Å². The van der Waals surface area contributed by atoms with Crippen LogP contribution in [0.5, 0.6) is 0 Å². The molecular formula is C7H13NO2. The predicted octanol–water partition coefficient (Wildman–Crippen LogP) is 1.11. The first-order valence-electron chi connectivity index (χ1n) is 3.92. The lowest BCUT2D eigenvalue weighted by molar-refractivity contribution is -0.0437. The molecule has 0 radical (unpaired) electrons. The highest BCUT2D eigenvalue weighted by atomic mass is 16.9. The van der Waals surface area contributed by atoms with Crippen molar-refractivity contribution in [2.45, 2.75) is 38.5 Å². The zero-order valence-electron chi connectivity index (χ0n) is 6.46. The number of nitrogens with zero attached hydrogens (tertiary/aromatic N) is 1. The Kier molecular flexibility index (Phi) is 1.27. The molecule has 10 heavy (non-hydrogen) atoms. The quantitative estimate of drug-likeness (QED) is 0.541. The van der Waals surface area contributed by atoms with Gasteiger partial charge in [-0.3, -0.25) is 4.84 Å². The maximum absolute atomic E-state index is 5.46. The number of hydrogen-bond donors (Lipinski definition) is 0. The second-order valence-electron chi connectivity index (χ2n) is 2.86. The SMILES string of the molecule is CCC1OCN2OC12CC. The first-order valence-corrected chi connectivity index (χ1v) is 3.92. The Hall–Kier alpha value is -0.120. The molecule has 2 aliphatic heterocycles. The number of hydrogen-bond acceptors (Lipinski definition) is 3. The summed E-state index contributed by atoms with van der Waals surface area (Å²) in [4.78, 5) is 5.40. The molecule has 0 bridgehead atoms. The van der Waals surface area contributed by atoms with Crippen molar-refractivity contribution in [1.82, 2.24) is 5.06 Å². The Balaban J connectivity index is 2.09. The number of hydroxylamine groups is 2. The van der Waals surface area contributed by atoms with E-state index in [-0.39, 0.29) is 5.72 Å². The van der Waals surface area contributed by atoms with E-state index in [0.717, 1.165) is 12.8 Å². The molecular weight excluding hydrogens is 130 g/mol. The zero-order valence-corrected chi connectivity index (χ0v) is 6.46. The lowest BCUT2D eigenvalue weighted by Crippen LogP contribution is -2.27. The zero-order chi connectivity index (χ0) is 7.19. The van der Waals surface area contributed by atoms with Crippen LogP contribution in [0.15, 0.2) is 0 Å². The van der Waals surface area contributed by atoms with Gasteiger partial charge in [-0.2, -0.15) is 0 Å². The van der Waals surface area contributed by atoms with Crippen molar-refractivity contribution in [2.24, 2.45) is 0 Å². The van der Waals surface area contributed by atoms with E-state index in [1.54, 1.807) is 0 Å². The van der Waals surface area contributed by atoms with Crippen LogP contribution >= 0.6 is 0 Å². The third-order valence-electron chi connectivity index (χ3n) is 2.43. The third kappa shape index (κ3) is 0.603. The van der Waals surface area contributed by atoms with Crippen LogP contribution in [0.1, 0.15) is 26.7 Å². The van der Waals surface area contributed by atoms with Crippen molar-refractivity contribution < 1.29 is 9.57 Å². The summed E-state index contributed by atoms with van der Waals surface area (Å²) < 4.78 is 5.46. The van der Waals surface area contributed by atoms with Gasteiger partial charge in [-0.05, 0) is 12.8 Å². The summed E-state index contributed by atoms with van der Waals surface area (Å²) in [6.07, 6.45) is 2.38. The van der Waals surface area contributed by atoms with Gasteiger partial charge in [-0.15, -0.1) is 5.06 Å². The summed E-state index contributed by atoms with van der Waals surface area (Å²) in [6, 6.07) is 0. The summed E-state index contributed by atoms with van der Waals surface area (Å²) in [5, 5.41) is 1.93. The van der Waals surface area contributed by atoms with E-state index in [9.17, 15) is 0 Å². The van der Waals surface area contributed by atoms with E-state index in [4.69, 9.17) is 9.57 Å². The molecule has 0 aromatic rings. The Labute approximate surface area is 60.9 Å². The third-order valence-corrected chi connectivity index (χ3v) is 2.43. The minimum atomic E-state index is -0.0191. The molecule has 0 aliphatic carbocycles. The van der Waals surface area contributed by atoms with E-state index in [1.165, 1.54) is 0 Å². The van der Waals surface area contributed by atoms with Crippen LogP contribution in [0.2, 0.25) is 0 Å². The van der Waals surface area contributed by atoms with Crippen LogP contribution in [0.25, 0.3) is 0 Å². The average molecular weight is 143 g/mol. The Morgan fingerprint density at radius 2 is 2.40 bits per heavy atom. The van der Waals surface area contributed by atoms with Crippen LogP contribution < -0.4 is 0 Å². The number of rotatable bonds is 2. The molecule has 3 heteroatoms. The van der Waals surface area contributed by atoms with Gasteiger partial charge in [-0.25, -0.2) is 0 Å². The van der Waals surface area contributed by atoms with Gasteiger partial charge in [0.25, 0.3) is 0 Å². The van der Waals surface area contributed by atoms with Gasteiger partial charge < -0.3 is 4.74 Å². The molecule has 0 N–H and O–H groups in total. The lowest BCUT2D eigenvalue weighted by atomic mass is 10.1. The Morgan fingerprint density at radius 3 is 2.80 bits per heavy atom. The molecule has 0 spiro atoms. The van der Waals surface area contributed by atoms with Crippen LogP contribution in [0.4, 0.5) is 0 Å². The summed E-state index contributed by atoms with van der Waals surface area (Å²) in [7, 11) is 0. The lowest BCUT2D eigenvalue weighted by Gasteiger charge is -2.13. The van der Waals surface area contributed by atoms with E-state index < -0.39 is 0 Å². The van der Waals surface area contributed by atoms with Crippen LogP contribution in [-0.4, -0.2) is 23.6 Å². The van der Waals surface area contributed by atoms with Crippen LogP contribution in [0, 0.1) is 0 Å². The number of ether oxygens (including phenoxy) is 1. The minimum absolute atomic E-state index is 0.0191. The Bertz CT molecular complexity index is 147. The van der Waals surface area contributed by atoms with Gasteiger partial charge in [0.2, 0.25) is 0 Å². The summed E-state index contributed by atoms with van der Waals surface area (Å²) >= 11 is 0. The van der Waals surface area contributed by atoms with Gasteiger partial charge in [0.1, 0.15) is 12.8 Å². The van der Waals surface area contributed by atoms with E-state index in [1.807, 2.05) is 5.06 Å². The molecule has 2 heterocycles. The van der Waals surface area contributed by atoms with Gasteiger partial charge in [0.15, 0.2) is 5.72 Å². The average Bonchev–Trinajstić information content (AvgIpc) is 2.60. The van der Waals surface area contributed by atoms with E-state index in [2.05, 4.69) is 13.8 Å². The largest absolute Gasteiger partial charge is 0.356 e. The molecule has 0 aromatic heterocycles. The fraction of sp³-hybridized carbons (Fsp3) is 1.00. The monoisotopic (exact) mass is 143 g/mol. The fourth-order valence-corrected chi connectivity index (χ4v) is 1.72. The minimum Gasteiger partial charge on any atom is -0.356 e. The van der Waals surface area contributed by atoms with Crippen molar-refractivity contribution in [3.05, 3.63) is 0 Å². The summed E-state index contributed by atoms with van der Waals surface area (Å²) in [6.45, 7) is 4.93. The second kappa shape index (κ2) is 1.94. The van der Waals surface area contributed by atoms with Crippen molar-refractivity contribution in [3.8, 4) is 0 Å². The van der Waals surface area contributed by atoms with E-state index in [0.29, 0.717) is 12.8 Å². The standard InChI is InChI=1S/C7H13NO2/c1-3-6-7(4-2)8(10-7)5-9-6/h6H,3-5H2,1-2H3. The smallest absolute Gasteiger partial charge is 0.193 e. The van der Waals surface area contributed by atoms with Crippen LogP contribution in [0.3, 0.4) is 0 Å². The molecule has 0 aromatic carbocycles. The van der Waals surface area contributed by atoms with Crippen LogP contribution in [-0.2, 0) is 9.57 Å². The number of fused-ring (bicyclic) bond motifs is 1. The first-order chi connectivity index (χ1) is 4.83. The molecule has 0 amide bonds. The van der Waals surface area contributed by atoms with Gasteiger partial charge >= 0.3 is 0 Å². The highest BCUT2D eigenvalue weighted by Gasteiger charge is 2.64. The highest BCUT2D eigenvalue weighted by molar-refractivity contribution is 4.96. The predicted molar refractivity (Wildman–Crippen MR) is 36.0 cm³/mol. The molecule has 3 atom stereocenters. The van der Waals surface area contributed by atoms with Crippen molar-refractivity contribution in [3.63, 3.8) is 0 Å². The molecule has 2 aliphatic rings. The van der Waals surface area contributed by atoms with E-state index >= 15 is 0 Å². The molecule has 3 nitrogen and oxygen atoms in total. The molecule has 58 valence electrons. The van der Waals surface area contributed by atoms with Crippen molar-refractivity contribution >= 4 is 0 Å². The molecule has 2 rings (SSSR count). The molecule has 2 saturated heterocycles. The molecule has 2 fully saturated rings. The van der Waals surface area contributed by atoms with Gasteiger partial charge in [-0.1, -0.05) is 13.8 Å². The summed E-state index contributed by atoms with van der Waals surface area (Å²) in [5.41, 5.74) is -0.0191. The van der Waals surface area contributed by atoms with Gasteiger partial charge in [0.05, 0.1) is 0 Å². The normalized spacial score (nSPS) is 51.0. The molecule has 3 unspecified atom stereocenters. The highest BCUT2D eigenvalue weighted by Crippen LogP contribution is 2.47. The van der Waals surface area contributed by atoms with Crippen molar-refractivity contribution in [1.29, 1.82) is 0 Å². The fourth-order valence-electron chi connectivity index (χ4n) is 1.72. The summed E-state index contributed by atoms with van der Waals surface area (Å²) in [5.74, 6) is 0. The maximum atomic E-state index is 5.46. The first kappa shape index (κ1) is 6.58. The van der Waals surface area contributed by atoms with Crippen molar-refractivity contribution in [2.75, 3.05) is 6.73 Å². The maximum Gasteiger partial charge on any atom is 0.193 e. The molecule has 0 saturated carbocycles. The van der Waals surface area contributed by atoms with Gasteiger partial charge in [0, 0.05) is 0 Å². The second-order valence-corrected chi connectivity index (χ2v) is 2.86.